The summed E-state index contributed by atoms with van der Waals surface area (Å²) in [6.45, 7) is -0.192. The Kier molecular flexibility index (Phi) is 6.61. The van der Waals surface area contributed by atoms with Gasteiger partial charge >= 0.3 is 0 Å². The van der Waals surface area contributed by atoms with E-state index in [0.29, 0.717) is 22.8 Å². The second-order valence-corrected chi connectivity index (χ2v) is 6.41. The van der Waals surface area contributed by atoms with E-state index in [1.165, 1.54) is 7.11 Å². The highest BCUT2D eigenvalue weighted by Crippen LogP contribution is 2.28. The van der Waals surface area contributed by atoms with Gasteiger partial charge in [-0.3, -0.25) is 9.78 Å². The van der Waals surface area contributed by atoms with Crippen LogP contribution in [-0.4, -0.2) is 35.8 Å². The van der Waals surface area contributed by atoms with Crippen molar-refractivity contribution in [2.24, 2.45) is 0 Å². The predicted octanol–water partition coefficient (Wildman–Crippen LogP) is 2.68. The number of carbonyl (C=O) groups is 1. The number of carbonyl (C=O) groups excluding carboxylic acids is 1. The number of halogens is 2. The van der Waals surface area contributed by atoms with E-state index in [0.717, 1.165) is 9.26 Å². The number of aromatic nitrogens is 1. The van der Waals surface area contributed by atoms with Gasteiger partial charge in [-0.1, -0.05) is 17.7 Å². The molecule has 23 heavy (non-hydrogen) atoms. The second kappa shape index (κ2) is 8.47. The fraction of sp³-hybridized carbons (Fsp3) is 0.250. The zero-order valence-corrected chi connectivity index (χ0v) is 15.3. The van der Waals surface area contributed by atoms with Gasteiger partial charge in [0.25, 0.3) is 5.91 Å². The molecule has 1 heterocycles. The molecular weight excluding hydrogens is 431 g/mol. The quantitative estimate of drug-likeness (QED) is 0.670. The summed E-state index contributed by atoms with van der Waals surface area (Å²) in [7, 11) is 1.49. The van der Waals surface area contributed by atoms with Crippen molar-refractivity contribution in [2.75, 3.05) is 13.7 Å². The number of hydrogen-bond acceptors (Lipinski definition) is 4. The molecule has 1 amide bonds. The summed E-state index contributed by atoms with van der Waals surface area (Å²) in [5.41, 5.74) is 1.12. The molecule has 0 bridgehead atoms. The fourth-order valence-corrected chi connectivity index (χ4v) is 2.67. The van der Waals surface area contributed by atoms with Crippen molar-refractivity contribution in [2.45, 2.75) is 12.5 Å². The third kappa shape index (κ3) is 4.79. The maximum Gasteiger partial charge on any atom is 0.255 e. The van der Waals surface area contributed by atoms with Crippen molar-refractivity contribution in [3.05, 3.63) is 56.4 Å². The van der Waals surface area contributed by atoms with E-state index in [-0.39, 0.29) is 12.5 Å². The van der Waals surface area contributed by atoms with Crippen LogP contribution in [0.5, 0.6) is 5.75 Å². The molecule has 0 aliphatic carbocycles. The van der Waals surface area contributed by atoms with Crippen LogP contribution in [0.15, 0.2) is 36.5 Å². The van der Waals surface area contributed by atoms with E-state index in [1.54, 1.807) is 18.3 Å². The summed E-state index contributed by atoms with van der Waals surface area (Å²) in [4.78, 5) is 16.7. The lowest BCUT2D eigenvalue weighted by Crippen LogP contribution is -2.39. The number of amides is 1. The first-order valence-corrected chi connectivity index (χ1v) is 8.35. The monoisotopic (exact) mass is 446 g/mol. The Morgan fingerprint density at radius 3 is 2.87 bits per heavy atom. The number of aliphatic hydroxyl groups excluding tert-OH is 1. The fourth-order valence-electron chi connectivity index (χ4n) is 2.07. The highest BCUT2D eigenvalue weighted by molar-refractivity contribution is 14.1. The van der Waals surface area contributed by atoms with Gasteiger partial charge in [-0.2, -0.15) is 0 Å². The minimum absolute atomic E-state index is 0.192. The van der Waals surface area contributed by atoms with Crippen molar-refractivity contribution < 1.29 is 14.6 Å². The Labute approximate surface area is 153 Å². The zero-order chi connectivity index (χ0) is 16.8. The van der Waals surface area contributed by atoms with Crippen molar-refractivity contribution in [1.29, 1.82) is 0 Å². The summed E-state index contributed by atoms with van der Waals surface area (Å²) in [6.07, 6.45) is 2.11. The average molecular weight is 447 g/mol. The van der Waals surface area contributed by atoms with E-state index in [1.807, 2.05) is 18.2 Å². The summed E-state index contributed by atoms with van der Waals surface area (Å²) >= 11 is 8.15. The molecule has 0 aliphatic heterocycles. The number of aliphatic hydroxyl groups is 1. The third-order valence-electron chi connectivity index (χ3n) is 3.22. The number of ether oxygens (including phenoxy) is 1. The molecule has 0 saturated carbocycles. The lowest BCUT2D eigenvalue weighted by atomic mass is 10.1. The molecule has 2 N–H and O–H groups in total. The van der Waals surface area contributed by atoms with E-state index in [2.05, 4.69) is 32.9 Å². The van der Waals surface area contributed by atoms with Gasteiger partial charge < -0.3 is 15.2 Å². The van der Waals surface area contributed by atoms with Crippen LogP contribution < -0.4 is 10.1 Å². The van der Waals surface area contributed by atoms with Gasteiger partial charge in [-0.05, 0) is 46.9 Å². The van der Waals surface area contributed by atoms with Crippen LogP contribution in [0.1, 0.15) is 16.1 Å². The second-order valence-electron chi connectivity index (χ2n) is 4.84. The lowest BCUT2D eigenvalue weighted by molar-refractivity contribution is 0.0913. The SMILES string of the molecule is COc1cc(I)c(Cl)cc1C(=O)N[C@@H](CO)Cc1ccccn1. The normalized spacial score (nSPS) is 11.8. The first-order valence-electron chi connectivity index (χ1n) is 6.89. The van der Waals surface area contributed by atoms with E-state index >= 15 is 0 Å². The first-order chi connectivity index (χ1) is 11.0. The molecular formula is C16H16ClIN2O3. The van der Waals surface area contributed by atoms with Gasteiger partial charge in [-0.25, -0.2) is 0 Å². The predicted molar refractivity (Wildman–Crippen MR) is 97.0 cm³/mol. The van der Waals surface area contributed by atoms with Crippen LogP contribution in [0.4, 0.5) is 0 Å². The summed E-state index contributed by atoms with van der Waals surface area (Å²) < 4.78 is 6.03. The van der Waals surface area contributed by atoms with Crippen LogP contribution in [0.3, 0.4) is 0 Å². The molecule has 122 valence electrons. The number of methoxy groups -OCH3 is 1. The van der Waals surface area contributed by atoms with E-state index in [9.17, 15) is 9.90 Å². The molecule has 1 aromatic heterocycles. The standard InChI is InChI=1S/C16H16ClIN2O3/c1-23-15-8-14(18)13(17)7-12(15)16(22)20-11(9-21)6-10-4-2-3-5-19-10/h2-5,7-8,11,21H,6,9H2,1H3,(H,20,22)/t11-/m1/s1. The summed E-state index contributed by atoms with van der Waals surface area (Å²) in [6, 6.07) is 8.34. The van der Waals surface area contributed by atoms with Crippen molar-refractivity contribution in [3.8, 4) is 5.75 Å². The zero-order valence-electron chi connectivity index (χ0n) is 12.4. The minimum atomic E-state index is -0.444. The van der Waals surface area contributed by atoms with Crippen molar-refractivity contribution >= 4 is 40.1 Å². The number of hydrogen-bond donors (Lipinski definition) is 2. The van der Waals surface area contributed by atoms with E-state index < -0.39 is 6.04 Å². The maximum absolute atomic E-state index is 12.5. The van der Waals surface area contributed by atoms with Crippen LogP contribution >= 0.6 is 34.2 Å². The molecule has 5 nitrogen and oxygen atoms in total. The summed E-state index contributed by atoms with van der Waals surface area (Å²) in [5.74, 6) is 0.0842. The Morgan fingerprint density at radius 1 is 1.48 bits per heavy atom. The molecule has 0 spiro atoms. The Balaban J connectivity index is 2.15. The molecule has 0 unspecified atom stereocenters. The number of nitrogens with one attached hydrogen (secondary N) is 1. The van der Waals surface area contributed by atoms with Crippen LogP contribution in [0.25, 0.3) is 0 Å². The lowest BCUT2D eigenvalue weighted by Gasteiger charge is -2.17. The number of benzene rings is 1. The average Bonchev–Trinajstić information content (AvgIpc) is 2.57. The largest absolute Gasteiger partial charge is 0.496 e. The minimum Gasteiger partial charge on any atom is -0.496 e. The number of rotatable bonds is 6. The van der Waals surface area contributed by atoms with Gasteiger partial charge in [0.2, 0.25) is 0 Å². The molecule has 0 radical (unpaired) electrons. The van der Waals surface area contributed by atoms with Crippen LogP contribution in [0.2, 0.25) is 5.02 Å². The third-order valence-corrected chi connectivity index (χ3v) is 4.75. The molecule has 7 heteroatoms. The number of pyridine rings is 1. The number of nitrogens with zero attached hydrogens (tertiary/aromatic N) is 1. The molecule has 2 aromatic rings. The Hall–Kier alpha value is -1.38. The summed E-state index contributed by atoms with van der Waals surface area (Å²) in [5, 5.41) is 12.8. The molecule has 1 aromatic carbocycles. The van der Waals surface area contributed by atoms with Crippen molar-refractivity contribution in [3.63, 3.8) is 0 Å². The Morgan fingerprint density at radius 2 is 2.26 bits per heavy atom. The Bertz CT molecular complexity index is 683. The van der Waals surface area contributed by atoms with Gasteiger partial charge in [0.15, 0.2) is 0 Å². The van der Waals surface area contributed by atoms with Gasteiger partial charge in [0.1, 0.15) is 5.75 Å². The van der Waals surface area contributed by atoms with Gasteiger partial charge in [0.05, 0.1) is 30.3 Å². The molecule has 0 fully saturated rings. The van der Waals surface area contributed by atoms with Gasteiger partial charge in [0, 0.05) is 21.9 Å². The molecule has 2 rings (SSSR count). The molecule has 0 aliphatic rings. The van der Waals surface area contributed by atoms with E-state index in [4.69, 9.17) is 16.3 Å². The maximum atomic E-state index is 12.5. The van der Waals surface area contributed by atoms with Crippen LogP contribution in [-0.2, 0) is 6.42 Å². The first kappa shape index (κ1) is 18.0. The smallest absolute Gasteiger partial charge is 0.255 e. The molecule has 0 saturated heterocycles. The molecule has 1 atom stereocenters. The topological polar surface area (TPSA) is 71.5 Å². The highest BCUT2D eigenvalue weighted by Gasteiger charge is 2.19. The van der Waals surface area contributed by atoms with Gasteiger partial charge in [-0.15, -0.1) is 0 Å². The highest BCUT2D eigenvalue weighted by atomic mass is 127. The van der Waals surface area contributed by atoms with Crippen molar-refractivity contribution in [1.82, 2.24) is 10.3 Å². The van der Waals surface area contributed by atoms with Crippen LogP contribution in [0, 0.1) is 3.57 Å².